The number of benzene rings is 1. The first-order valence-electron chi connectivity index (χ1n) is 7.03. The van der Waals surface area contributed by atoms with Gasteiger partial charge in [-0.15, -0.1) is 0 Å². The van der Waals surface area contributed by atoms with Gasteiger partial charge in [0.15, 0.2) is 0 Å². The number of imidazole rings is 1. The predicted molar refractivity (Wildman–Crippen MR) is 79.3 cm³/mol. The van der Waals surface area contributed by atoms with E-state index in [4.69, 9.17) is 5.73 Å². The van der Waals surface area contributed by atoms with Crippen molar-refractivity contribution in [2.45, 2.75) is 19.3 Å². The molecule has 2 aromatic rings. The molecular formula is C14H21N5. The molecule has 5 nitrogen and oxygen atoms in total. The zero-order valence-corrected chi connectivity index (χ0v) is 11.2. The third-order valence-electron chi connectivity index (χ3n) is 3.65. The molecule has 1 aromatic heterocycles. The summed E-state index contributed by atoms with van der Waals surface area (Å²) < 4.78 is 0. The second-order valence-electron chi connectivity index (χ2n) is 5.19. The summed E-state index contributed by atoms with van der Waals surface area (Å²) in [5.41, 5.74) is 8.45. The third kappa shape index (κ3) is 2.98. The Bertz CT molecular complexity index is 542. The van der Waals surface area contributed by atoms with Gasteiger partial charge in [-0.1, -0.05) is 0 Å². The molecule has 4 N–H and O–H groups in total. The fraction of sp³-hybridized carbons (Fsp3) is 0.500. The van der Waals surface area contributed by atoms with Crippen LogP contribution in [0, 0.1) is 0 Å². The Hall–Kier alpha value is -1.75. The summed E-state index contributed by atoms with van der Waals surface area (Å²) in [6.45, 7) is 4.67. The van der Waals surface area contributed by atoms with Gasteiger partial charge in [-0.3, -0.25) is 0 Å². The SMILES string of the molecule is Nc1ccc2nc(NCCCN3CCCC3)[nH]c2c1. The molecule has 1 aliphatic rings. The van der Waals surface area contributed by atoms with E-state index in [9.17, 15) is 0 Å². The number of nitrogens with one attached hydrogen (secondary N) is 2. The van der Waals surface area contributed by atoms with E-state index >= 15 is 0 Å². The number of nitrogens with two attached hydrogens (primary N) is 1. The lowest BCUT2D eigenvalue weighted by Gasteiger charge is -2.13. The Labute approximate surface area is 113 Å². The fourth-order valence-corrected chi connectivity index (χ4v) is 2.63. The van der Waals surface area contributed by atoms with Gasteiger partial charge in [-0.05, 0) is 57.1 Å². The summed E-state index contributed by atoms with van der Waals surface area (Å²) in [7, 11) is 0. The molecule has 0 atom stereocenters. The second-order valence-corrected chi connectivity index (χ2v) is 5.19. The topological polar surface area (TPSA) is 70.0 Å². The number of nitrogen functional groups attached to an aromatic ring is 1. The van der Waals surface area contributed by atoms with Crippen LogP contribution >= 0.6 is 0 Å². The molecular weight excluding hydrogens is 238 g/mol. The lowest BCUT2D eigenvalue weighted by atomic mass is 10.3. The minimum atomic E-state index is 0.761. The number of H-pyrrole nitrogens is 1. The fourth-order valence-electron chi connectivity index (χ4n) is 2.63. The Morgan fingerprint density at radius 3 is 3.00 bits per heavy atom. The van der Waals surface area contributed by atoms with Crippen LogP contribution in [0.25, 0.3) is 11.0 Å². The highest BCUT2D eigenvalue weighted by atomic mass is 15.1. The van der Waals surface area contributed by atoms with Crippen molar-refractivity contribution in [2.24, 2.45) is 0 Å². The van der Waals surface area contributed by atoms with Gasteiger partial charge in [0, 0.05) is 12.2 Å². The highest BCUT2D eigenvalue weighted by molar-refractivity contribution is 5.80. The molecule has 1 fully saturated rings. The first-order valence-corrected chi connectivity index (χ1v) is 7.03. The van der Waals surface area contributed by atoms with Crippen LogP contribution in [0.15, 0.2) is 18.2 Å². The van der Waals surface area contributed by atoms with Crippen molar-refractivity contribution in [3.63, 3.8) is 0 Å². The average Bonchev–Trinajstić information content (AvgIpc) is 3.02. The Morgan fingerprint density at radius 1 is 1.32 bits per heavy atom. The highest BCUT2D eigenvalue weighted by Gasteiger charge is 2.10. The maximum Gasteiger partial charge on any atom is 0.201 e. The highest BCUT2D eigenvalue weighted by Crippen LogP contribution is 2.17. The minimum absolute atomic E-state index is 0.761. The number of fused-ring (bicyclic) bond motifs is 1. The van der Waals surface area contributed by atoms with Crippen LogP contribution in [0.3, 0.4) is 0 Å². The van der Waals surface area contributed by atoms with E-state index in [-0.39, 0.29) is 0 Å². The van der Waals surface area contributed by atoms with Gasteiger partial charge in [-0.2, -0.15) is 0 Å². The van der Waals surface area contributed by atoms with E-state index in [0.29, 0.717) is 0 Å². The van der Waals surface area contributed by atoms with Crippen molar-refractivity contribution in [3.05, 3.63) is 18.2 Å². The lowest BCUT2D eigenvalue weighted by molar-refractivity contribution is 0.337. The zero-order chi connectivity index (χ0) is 13.1. The van der Waals surface area contributed by atoms with Crippen LogP contribution in [-0.4, -0.2) is 41.0 Å². The molecule has 19 heavy (non-hydrogen) atoms. The van der Waals surface area contributed by atoms with Gasteiger partial charge in [-0.25, -0.2) is 4.98 Å². The summed E-state index contributed by atoms with van der Waals surface area (Å²) >= 11 is 0. The Morgan fingerprint density at radius 2 is 2.16 bits per heavy atom. The van der Waals surface area contributed by atoms with E-state index in [2.05, 4.69) is 20.2 Å². The summed E-state index contributed by atoms with van der Waals surface area (Å²) in [4.78, 5) is 10.3. The van der Waals surface area contributed by atoms with E-state index in [1.54, 1.807) is 0 Å². The molecule has 0 amide bonds. The Kier molecular flexibility index (Phi) is 3.55. The predicted octanol–water partition coefficient (Wildman–Crippen LogP) is 2.04. The van der Waals surface area contributed by atoms with Gasteiger partial charge in [0.05, 0.1) is 11.0 Å². The number of hydrogen-bond acceptors (Lipinski definition) is 4. The molecule has 0 bridgehead atoms. The van der Waals surface area contributed by atoms with Crippen molar-refractivity contribution < 1.29 is 0 Å². The number of aromatic amines is 1. The van der Waals surface area contributed by atoms with E-state index < -0.39 is 0 Å². The van der Waals surface area contributed by atoms with Gasteiger partial charge < -0.3 is 20.9 Å². The first-order chi connectivity index (χ1) is 9.31. The van der Waals surface area contributed by atoms with Crippen LogP contribution < -0.4 is 11.1 Å². The number of aromatic nitrogens is 2. The van der Waals surface area contributed by atoms with Crippen LogP contribution in [0.2, 0.25) is 0 Å². The average molecular weight is 259 g/mol. The number of anilines is 2. The van der Waals surface area contributed by atoms with Gasteiger partial charge in [0.25, 0.3) is 0 Å². The molecule has 102 valence electrons. The summed E-state index contributed by atoms with van der Waals surface area (Å²) in [6, 6.07) is 5.73. The van der Waals surface area contributed by atoms with Gasteiger partial charge in [0.1, 0.15) is 0 Å². The van der Waals surface area contributed by atoms with Crippen LogP contribution in [0.1, 0.15) is 19.3 Å². The third-order valence-corrected chi connectivity index (χ3v) is 3.65. The number of hydrogen-bond donors (Lipinski definition) is 3. The van der Waals surface area contributed by atoms with Crippen molar-refractivity contribution in [2.75, 3.05) is 37.2 Å². The molecule has 0 aliphatic carbocycles. The standard InChI is InChI=1S/C14H21N5/c15-11-4-5-12-13(10-11)18-14(17-12)16-6-3-9-19-7-1-2-8-19/h4-5,10H,1-3,6-9,15H2,(H2,16,17,18). The quantitative estimate of drug-likeness (QED) is 0.567. The molecule has 0 spiro atoms. The van der Waals surface area contributed by atoms with E-state index in [1.807, 2.05) is 18.2 Å². The van der Waals surface area contributed by atoms with Crippen LogP contribution in [-0.2, 0) is 0 Å². The van der Waals surface area contributed by atoms with Crippen LogP contribution in [0.4, 0.5) is 11.6 Å². The maximum atomic E-state index is 5.75. The summed E-state index contributed by atoms with van der Waals surface area (Å²) in [5.74, 6) is 0.835. The zero-order valence-electron chi connectivity index (χ0n) is 11.2. The molecule has 5 heteroatoms. The largest absolute Gasteiger partial charge is 0.399 e. The van der Waals surface area contributed by atoms with Crippen molar-refractivity contribution in [1.29, 1.82) is 0 Å². The summed E-state index contributed by atoms with van der Waals surface area (Å²) in [5, 5.41) is 3.34. The molecule has 0 unspecified atom stereocenters. The molecule has 2 heterocycles. The van der Waals surface area contributed by atoms with Crippen molar-refractivity contribution in [3.8, 4) is 0 Å². The minimum Gasteiger partial charge on any atom is -0.399 e. The Balaban J connectivity index is 1.50. The van der Waals surface area contributed by atoms with Crippen molar-refractivity contribution >= 4 is 22.7 Å². The smallest absolute Gasteiger partial charge is 0.201 e. The van der Waals surface area contributed by atoms with Crippen LogP contribution in [0.5, 0.6) is 0 Å². The number of likely N-dealkylation sites (tertiary alicyclic amines) is 1. The monoisotopic (exact) mass is 259 g/mol. The normalized spacial score (nSPS) is 16.2. The molecule has 1 aromatic carbocycles. The van der Waals surface area contributed by atoms with Gasteiger partial charge in [0.2, 0.25) is 5.95 Å². The van der Waals surface area contributed by atoms with Gasteiger partial charge >= 0.3 is 0 Å². The molecule has 0 radical (unpaired) electrons. The second kappa shape index (κ2) is 5.48. The van der Waals surface area contributed by atoms with E-state index in [1.165, 1.54) is 32.5 Å². The molecule has 3 rings (SSSR count). The molecule has 1 saturated heterocycles. The first kappa shape index (κ1) is 12.3. The molecule has 0 saturated carbocycles. The van der Waals surface area contributed by atoms with Crippen molar-refractivity contribution in [1.82, 2.24) is 14.9 Å². The molecule has 1 aliphatic heterocycles. The number of nitrogens with zero attached hydrogens (tertiary/aromatic N) is 2. The maximum absolute atomic E-state index is 5.75. The number of rotatable bonds is 5. The summed E-state index contributed by atoms with van der Waals surface area (Å²) in [6.07, 6.45) is 3.87. The lowest BCUT2D eigenvalue weighted by Crippen LogP contribution is -2.22. The van der Waals surface area contributed by atoms with E-state index in [0.717, 1.165) is 35.6 Å².